The third-order valence-electron chi connectivity index (χ3n) is 19.2. The number of sulfone groups is 1. The number of piperidine rings is 1. The lowest BCUT2D eigenvalue weighted by Gasteiger charge is -2.64. The molecule has 4 aliphatic carbocycles. The Morgan fingerprint density at radius 2 is 1.57 bits per heavy atom. The van der Waals surface area contributed by atoms with E-state index in [2.05, 4.69) is 44.7 Å². The van der Waals surface area contributed by atoms with E-state index >= 15 is 0 Å². The van der Waals surface area contributed by atoms with E-state index in [1.807, 2.05) is 0 Å². The van der Waals surface area contributed by atoms with Gasteiger partial charge in [0.05, 0.1) is 54.8 Å². The summed E-state index contributed by atoms with van der Waals surface area (Å²) in [5.74, 6) is 1.27. The highest BCUT2D eigenvalue weighted by Crippen LogP contribution is 2.69. The first kappa shape index (κ1) is 68.2. The molecule has 3 aromatic rings. The minimum Gasteiger partial charge on any atom is -0.479 e. The molecule has 4 amide bonds. The van der Waals surface area contributed by atoms with Gasteiger partial charge in [-0.05, 0) is 118 Å². The molecule has 4 heterocycles. The van der Waals surface area contributed by atoms with Crippen LogP contribution in [0.15, 0.2) is 63.4 Å². The molecular weight excluding hydrogens is 1210 g/mol. The van der Waals surface area contributed by atoms with Crippen LogP contribution in [0, 0.1) is 40.4 Å². The minimum absolute atomic E-state index is 0.0111. The van der Waals surface area contributed by atoms with E-state index in [9.17, 15) is 72.6 Å². The van der Waals surface area contributed by atoms with Gasteiger partial charge in [-0.1, -0.05) is 24.8 Å². The first-order valence-corrected chi connectivity index (χ1v) is 32.6. The molecule has 4 saturated carbocycles. The molecule has 0 unspecified atom stereocenters. The van der Waals surface area contributed by atoms with Crippen LogP contribution in [0.4, 0.5) is 9.59 Å². The van der Waals surface area contributed by atoms with Gasteiger partial charge in [-0.25, -0.2) is 37.6 Å². The van der Waals surface area contributed by atoms with Gasteiger partial charge >= 0.3 is 23.8 Å². The number of carbonyl (C=O) groups excluding carboxylic acids is 5. The highest BCUT2D eigenvalue weighted by Gasteiger charge is 2.73. The number of fused-ring (bicyclic) bond motifs is 5. The Kier molecular flexibility index (Phi) is 21.9. The molecule has 0 radical (unpaired) electrons. The number of carboxylic acid groups (broad SMARTS) is 1. The number of nitrogens with one attached hydrogen (secondary N) is 3. The van der Waals surface area contributed by atoms with Crippen LogP contribution in [0.1, 0.15) is 124 Å². The lowest BCUT2D eigenvalue weighted by Crippen LogP contribution is -2.70. The molecule has 0 spiro atoms. The number of rotatable bonds is 22. The fourth-order valence-electron chi connectivity index (χ4n) is 14.3. The molecule has 2 saturated heterocycles. The Balaban J connectivity index is 0.696. The zero-order chi connectivity index (χ0) is 65.4. The topological polar surface area (TPSA) is 409 Å². The number of hydrogen-bond acceptors (Lipinski definition) is 23. The third kappa shape index (κ3) is 15.4. The zero-order valence-corrected chi connectivity index (χ0v) is 51.7. The van der Waals surface area contributed by atoms with E-state index in [-0.39, 0.29) is 106 Å². The van der Waals surface area contributed by atoms with Crippen molar-refractivity contribution in [2.75, 3.05) is 58.9 Å². The lowest BCUT2D eigenvalue weighted by molar-refractivity contribution is -0.271. The van der Waals surface area contributed by atoms with Crippen molar-refractivity contribution in [3.8, 4) is 17.6 Å². The number of ether oxygens (including phenoxy) is 6. The van der Waals surface area contributed by atoms with E-state index in [4.69, 9.17) is 32.8 Å². The maximum atomic E-state index is 14.4. The molecule has 6 aliphatic rings. The van der Waals surface area contributed by atoms with Gasteiger partial charge in [-0.2, -0.15) is 0 Å². The first-order valence-electron chi connectivity index (χ1n) is 30.7. The van der Waals surface area contributed by atoms with Gasteiger partial charge in [-0.15, -0.1) is 0 Å². The van der Waals surface area contributed by atoms with Gasteiger partial charge in [0.15, 0.2) is 11.9 Å². The molecule has 91 heavy (non-hydrogen) atoms. The standard InChI is InChI=1S/C62H80N6O22S/c1-60-19-15-40(30-38(60)11-12-43-47(60)48(71)53(75)61(2)42(16-20-62(43,61)81)37-10-14-46(70)86-34-37)88-58(79)67-39-17-23-68(24-18-39)59(80)87-33-35-9-13-44(89-56-51(74)49(72)50(73)52(90-56)55(77)78)41(29-35)54(76)64-22-26-85-28-27-84-25-21-63-45(69)8-6-4-5-7-36-31-65-57(66-32-36)91(3,82)83/h9-10,13-14,29,31-32,34,38-40,42-43,47-52,56,71-74,81H,4,6,8,11-12,15-28,30,33H2,1-3H3,(H,63,69)(H,64,76)(H,67,79)(H,77,78)/t38-,40+,42-,43-,47-,48+,49+,50+,51-,52+,56-,60+,61+,62+/m1/s1. The van der Waals surface area contributed by atoms with Gasteiger partial charge < -0.3 is 84.3 Å². The number of aromatic nitrogens is 2. The second kappa shape index (κ2) is 29.2. The Labute approximate surface area is 525 Å². The number of aliphatic hydroxyl groups is 5. The maximum absolute atomic E-state index is 14.4. The fourth-order valence-corrected chi connectivity index (χ4v) is 14.8. The molecule has 9 N–H and O–H groups in total. The molecule has 2 aliphatic heterocycles. The number of aliphatic carboxylic acids is 1. The fraction of sp³-hybridized carbons (Fsp3) is 0.629. The molecule has 6 fully saturated rings. The average Bonchev–Trinajstić information content (AvgIpc) is 1.64. The van der Waals surface area contributed by atoms with Crippen molar-refractivity contribution >= 4 is 45.6 Å². The summed E-state index contributed by atoms with van der Waals surface area (Å²) in [7, 11) is -3.52. The number of likely N-dealkylation sites (tertiary alicyclic amines) is 1. The number of nitrogens with zero attached hydrogens (tertiary/aromatic N) is 3. The molecular formula is C62H80N6O22S. The van der Waals surface area contributed by atoms with Crippen molar-refractivity contribution in [2.45, 2.75) is 163 Å². The summed E-state index contributed by atoms with van der Waals surface area (Å²) in [6.07, 6.45) is -2.12. The molecule has 1 aromatic carbocycles. The van der Waals surface area contributed by atoms with Crippen LogP contribution in [0.2, 0.25) is 0 Å². The van der Waals surface area contributed by atoms with E-state index in [0.29, 0.717) is 87.3 Å². The Morgan fingerprint density at radius 3 is 2.25 bits per heavy atom. The van der Waals surface area contributed by atoms with Gasteiger partial charge in [0.2, 0.25) is 27.2 Å². The molecule has 2 aromatic heterocycles. The third-order valence-corrected chi connectivity index (χ3v) is 20.1. The van der Waals surface area contributed by atoms with Crippen LogP contribution >= 0.6 is 0 Å². The van der Waals surface area contributed by atoms with Crippen molar-refractivity contribution in [2.24, 2.45) is 28.6 Å². The maximum Gasteiger partial charge on any atom is 0.410 e. The summed E-state index contributed by atoms with van der Waals surface area (Å²) >= 11 is 0. The van der Waals surface area contributed by atoms with Crippen LogP contribution in [0.25, 0.3) is 0 Å². The Bertz CT molecular complexity index is 3350. The van der Waals surface area contributed by atoms with Crippen molar-refractivity contribution < 1.29 is 101 Å². The Hall–Kier alpha value is -7.14. The van der Waals surface area contributed by atoms with E-state index in [1.165, 1.54) is 47.8 Å². The molecule has 0 bridgehead atoms. The smallest absolute Gasteiger partial charge is 0.410 e. The summed E-state index contributed by atoms with van der Waals surface area (Å²) in [5.41, 5.74) is -2.44. The van der Waals surface area contributed by atoms with Crippen LogP contribution in [-0.2, 0) is 54.5 Å². The van der Waals surface area contributed by atoms with Crippen molar-refractivity contribution in [1.82, 2.24) is 30.8 Å². The van der Waals surface area contributed by atoms with Gasteiger partial charge in [0, 0.05) is 81.6 Å². The number of hydrogen-bond donors (Lipinski definition) is 9. The van der Waals surface area contributed by atoms with E-state index < -0.39 is 116 Å². The van der Waals surface area contributed by atoms with Crippen molar-refractivity contribution in [3.05, 3.63) is 81.7 Å². The number of benzene rings is 1. The molecule has 28 nitrogen and oxygen atoms in total. The van der Waals surface area contributed by atoms with Crippen molar-refractivity contribution in [1.29, 1.82) is 0 Å². The van der Waals surface area contributed by atoms with Gasteiger partial charge in [-0.3, -0.25) is 14.4 Å². The van der Waals surface area contributed by atoms with Crippen molar-refractivity contribution in [3.63, 3.8) is 0 Å². The molecule has 496 valence electrons. The van der Waals surface area contributed by atoms with E-state index in [1.54, 1.807) is 13.0 Å². The first-order chi connectivity index (χ1) is 43.3. The lowest BCUT2D eigenvalue weighted by atomic mass is 9.42. The summed E-state index contributed by atoms with van der Waals surface area (Å²) in [6, 6.07) is 6.71. The summed E-state index contributed by atoms with van der Waals surface area (Å²) in [4.78, 5) is 99.7. The quantitative estimate of drug-likeness (QED) is 0.0391. The van der Waals surface area contributed by atoms with E-state index in [0.717, 1.165) is 6.26 Å². The second-order valence-electron chi connectivity index (χ2n) is 24.8. The largest absolute Gasteiger partial charge is 0.479 e. The Morgan fingerprint density at radius 1 is 0.857 bits per heavy atom. The van der Waals surface area contributed by atoms with Crippen LogP contribution < -0.4 is 26.3 Å². The molecule has 29 heteroatoms. The summed E-state index contributed by atoms with van der Waals surface area (Å²) < 4.78 is 62.0. The van der Waals surface area contributed by atoms with Crippen LogP contribution in [-0.4, -0.2) is 203 Å². The number of amides is 4. The molecule has 14 atom stereocenters. The van der Waals surface area contributed by atoms with Gasteiger partial charge in [0.25, 0.3) is 5.91 Å². The SMILES string of the molecule is C[C@]12CC[C@H](OC(=O)NC3CCN(C(=O)OCc4ccc(O[C@@H]5O[C@H](C(=O)O)[C@@H](O)[C@H](O)[C@H]5O)c(C(=O)NCCOCCOCCNC(=O)CCCC#Cc5cnc(S(C)(=O)=O)nc5)c4)CC3)C[C@H]1CC[C@@H]1[C@@H]2[C@H](O)C(=O)[C@]2(C)[C@@H](c3ccc(=O)oc3)CC[C@]12O. The average molecular weight is 1290 g/mol. The minimum atomic E-state index is -3.52. The number of carboxylic acids is 1. The monoisotopic (exact) mass is 1290 g/mol. The number of Topliss-reactive ketones (excluding diaryl/α,β-unsaturated/α-hetero) is 1. The summed E-state index contributed by atoms with van der Waals surface area (Å²) in [6.45, 7) is 4.72. The number of unbranched alkanes of at least 4 members (excludes halogenated alkanes) is 1. The van der Waals surface area contributed by atoms with Crippen LogP contribution in [0.3, 0.4) is 0 Å². The zero-order valence-electron chi connectivity index (χ0n) is 50.9. The summed E-state index contributed by atoms with van der Waals surface area (Å²) in [5, 5.41) is 73.5. The normalized spacial score (nSPS) is 30.5. The number of ketones is 1. The highest BCUT2D eigenvalue weighted by molar-refractivity contribution is 7.90. The number of carbonyl (C=O) groups is 6. The highest BCUT2D eigenvalue weighted by atomic mass is 32.2. The number of alkyl carbamates (subject to hydrolysis) is 1. The second-order valence-corrected chi connectivity index (χ2v) is 26.7. The molecule has 9 rings (SSSR count). The van der Waals surface area contributed by atoms with Gasteiger partial charge in [0.1, 0.15) is 42.9 Å². The predicted molar refractivity (Wildman–Crippen MR) is 315 cm³/mol. The number of aliphatic hydroxyl groups excluding tert-OH is 4. The van der Waals surface area contributed by atoms with Crippen LogP contribution in [0.5, 0.6) is 5.75 Å². The predicted octanol–water partition coefficient (Wildman–Crippen LogP) is 1.49.